The molecule has 0 saturated carbocycles. The van der Waals surface area contributed by atoms with Gasteiger partial charge in [0.25, 0.3) is 0 Å². The standard InChI is InChI=1S/C11H14N4O2/c1-8-13-10(14-17-8)6-11(16)15-4-2-9(7-12)3-5-15/h9H,2-6H2,1H3. The van der Waals surface area contributed by atoms with Crippen LogP contribution < -0.4 is 0 Å². The molecule has 1 amide bonds. The summed E-state index contributed by atoms with van der Waals surface area (Å²) < 4.78 is 4.81. The minimum atomic E-state index is 0.00203. The Kier molecular flexibility index (Phi) is 3.38. The average molecular weight is 234 g/mol. The van der Waals surface area contributed by atoms with Crippen LogP contribution in [-0.2, 0) is 11.2 Å². The summed E-state index contributed by atoms with van der Waals surface area (Å²) >= 11 is 0. The molecule has 1 fully saturated rings. The van der Waals surface area contributed by atoms with Gasteiger partial charge in [0, 0.05) is 25.9 Å². The average Bonchev–Trinajstić information content (AvgIpc) is 2.75. The Morgan fingerprint density at radius 3 is 2.82 bits per heavy atom. The van der Waals surface area contributed by atoms with E-state index in [4.69, 9.17) is 9.78 Å². The summed E-state index contributed by atoms with van der Waals surface area (Å²) in [5.41, 5.74) is 0. The van der Waals surface area contributed by atoms with Crippen molar-refractivity contribution in [3.63, 3.8) is 0 Å². The van der Waals surface area contributed by atoms with Crippen molar-refractivity contribution in [1.29, 1.82) is 5.26 Å². The van der Waals surface area contributed by atoms with E-state index in [1.807, 2.05) is 0 Å². The maximum absolute atomic E-state index is 11.9. The van der Waals surface area contributed by atoms with Gasteiger partial charge in [0.1, 0.15) is 0 Å². The van der Waals surface area contributed by atoms with Crippen LogP contribution in [0.3, 0.4) is 0 Å². The highest BCUT2D eigenvalue weighted by Gasteiger charge is 2.23. The molecular weight excluding hydrogens is 220 g/mol. The van der Waals surface area contributed by atoms with Gasteiger partial charge < -0.3 is 9.42 Å². The topological polar surface area (TPSA) is 83.0 Å². The number of carbonyl (C=O) groups is 1. The molecule has 2 rings (SSSR count). The highest BCUT2D eigenvalue weighted by molar-refractivity contribution is 5.78. The molecule has 1 aromatic rings. The van der Waals surface area contributed by atoms with E-state index in [0.717, 1.165) is 12.8 Å². The van der Waals surface area contributed by atoms with Crippen molar-refractivity contribution in [3.05, 3.63) is 11.7 Å². The van der Waals surface area contributed by atoms with Gasteiger partial charge in [-0.3, -0.25) is 4.79 Å². The lowest BCUT2D eigenvalue weighted by Crippen LogP contribution is -2.39. The van der Waals surface area contributed by atoms with Crippen LogP contribution in [0.2, 0.25) is 0 Å². The number of piperidine rings is 1. The first-order chi connectivity index (χ1) is 8.19. The number of nitriles is 1. The molecule has 0 aromatic carbocycles. The molecular formula is C11H14N4O2. The minimum Gasteiger partial charge on any atom is -0.342 e. The molecule has 1 aliphatic heterocycles. The van der Waals surface area contributed by atoms with Crippen molar-refractivity contribution >= 4 is 5.91 Å². The molecule has 0 unspecified atom stereocenters. The summed E-state index contributed by atoms with van der Waals surface area (Å²) in [6, 6.07) is 2.24. The number of rotatable bonds is 2. The van der Waals surface area contributed by atoms with Crippen molar-refractivity contribution in [2.24, 2.45) is 5.92 Å². The van der Waals surface area contributed by atoms with Crippen LogP contribution in [0.15, 0.2) is 4.52 Å². The molecule has 0 bridgehead atoms. The summed E-state index contributed by atoms with van der Waals surface area (Å²) in [5, 5.41) is 12.5. The number of likely N-dealkylation sites (tertiary alicyclic amines) is 1. The molecule has 0 aliphatic carbocycles. The largest absolute Gasteiger partial charge is 0.342 e. The van der Waals surface area contributed by atoms with Crippen LogP contribution in [0.4, 0.5) is 0 Å². The number of nitrogens with zero attached hydrogens (tertiary/aromatic N) is 4. The molecule has 0 N–H and O–H groups in total. The molecule has 1 aliphatic rings. The third-order valence-electron chi connectivity index (χ3n) is 2.91. The molecule has 1 aromatic heterocycles. The lowest BCUT2D eigenvalue weighted by molar-refractivity contribution is -0.131. The van der Waals surface area contributed by atoms with E-state index in [9.17, 15) is 4.79 Å². The third kappa shape index (κ3) is 2.81. The number of hydrogen-bond acceptors (Lipinski definition) is 5. The molecule has 0 radical (unpaired) electrons. The normalized spacial score (nSPS) is 16.8. The SMILES string of the molecule is Cc1nc(CC(=O)N2CCC(C#N)CC2)no1. The first kappa shape index (κ1) is 11.6. The third-order valence-corrected chi connectivity index (χ3v) is 2.91. The van der Waals surface area contributed by atoms with Gasteiger partial charge in [0.2, 0.25) is 11.8 Å². The van der Waals surface area contributed by atoms with Crippen LogP contribution in [0.25, 0.3) is 0 Å². The van der Waals surface area contributed by atoms with Crippen LogP contribution in [0.1, 0.15) is 24.6 Å². The fraction of sp³-hybridized carbons (Fsp3) is 0.636. The minimum absolute atomic E-state index is 0.00203. The van der Waals surface area contributed by atoms with Crippen LogP contribution in [0, 0.1) is 24.2 Å². The zero-order valence-electron chi connectivity index (χ0n) is 9.72. The number of aromatic nitrogens is 2. The Morgan fingerprint density at radius 1 is 1.59 bits per heavy atom. The monoisotopic (exact) mass is 234 g/mol. The molecule has 0 spiro atoms. The molecule has 0 atom stereocenters. The van der Waals surface area contributed by atoms with Crippen molar-refractivity contribution in [2.75, 3.05) is 13.1 Å². The van der Waals surface area contributed by atoms with Gasteiger partial charge in [-0.15, -0.1) is 0 Å². The van der Waals surface area contributed by atoms with Crippen molar-refractivity contribution < 1.29 is 9.32 Å². The van der Waals surface area contributed by atoms with Gasteiger partial charge in [-0.2, -0.15) is 10.2 Å². The Morgan fingerprint density at radius 2 is 2.29 bits per heavy atom. The van der Waals surface area contributed by atoms with Gasteiger partial charge >= 0.3 is 0 Å². The summed E-state index contributed by atoms with van der Waals surface area (Å²) in [7, 11) is 0. The van der Waals surface area contributed by atoms with Crippen LogP contribution in [-0.4, -0.2) is 34.0 Å². The Labute approximate surface area is 99.2 Å². The van der Waals surface area contributed by atoms with E-state index in [2.05, 4.69) is 16.2 Å². The quantitative estimate of drug-likeness (QED) is 0.751. The second kappa shape index (κ2) is 4.95. The van der Waals surface area contributed by atoms with Crippen LogP contribution in [0.5, 0.6) is 0 Å². The number of hydrogen-bond donors (Lipinski definition) is 0. The summed E-state index contributed by atoms with van der Waals surface area (Å²) in [5.74, 6) is 0.986. The smallest absolute Gasteiger partial charge is 0.230 e. The molecule has 17 heavy (non-hydrogen) atoms. The van der Waals surface area contributed by atoms with E-state index < -0.39 is 0 Å². The van der Waals surface area contributed by atoms with Crippen molar-refractivity contribution in [2.45, 2.75) is 26.2 Å². The first-order valence-corrected chi connectivity index (χ1v) is 5.65. The predicted octanol–water partition coefficient (Wildman–Crippen LogP) is 0.683. The van der Waals surface area contributed by atoms with Gasteiger partial charge in [-0.1, -0.05) is 5.16 Å². The van der Waals surface area contributed by atoms with Gasteiger partial charge in [0.05, 0.1) is 12.5 Å². The zero-order chi connectivity index (χ0) is 12.3. The molecule has 90 valence electrons. The van der Waals surface area contributed by atoms with Crippen molar-refractivity contribution in [1.82, 2.24) is 15.0 Å². The van der Waals surface area contributed by atoms with E-state index in [1.165, 1.54) is 0 Å². The van der Waals surface area contributed by atoms with Gasteiger partial charge in [-0.05, 0) is 12.8 Å². The second-order valence-corrected chi connectivity index (χ2v) is 4.19. The van der Waals surface area contributed by atoms with Gasteiger partial charge in [0.15, 0.2) is 5.82 Å². The van der Waals surface area contributed by atoms with Crippen LogP contribution >= 0.6 is 0 Å². The molecule has 2 heterocycles. The number of aryl methyl sites for hydroxylation is 1. The number of amides is 1. The number of carbonyl (C=O) groups excluding carboxylic acids is 1. The Hall–Kier alpha value is -1.90. The summed E-state index contributed by atoms with van der Waals surface area (Å²) in [6.07, 6.45) is 1.69. The van der Waals surface area contributed by atoms with E-state index >= 15 is 0 Å². The fourth-order valence-electron chi connectivity index (χ4n) is 1.92. The molecule has 6 heteroatoms. The maximum atomic E-state index is 11.9. The lowest BCUT2D eigenvalue weighted by atomic mass is 9.98. The second-order valence-electron chi connectivity index (χ2n) is 4.19. The lowest BCUT2D eigenvalue weighted by Gasteiger charge is -2.28. The first-order valence-electron chi connectivity index (χ1n) is 5.65. The maximum Gasteiger partial charge on any atom is 0.230 e. The fourth-order valence-corrected chi connectivity index (χ4v) is 1.92. The van der Waals surface area contributed by atoms with E-state index in [0.29, 0.717) is 24.8 Å². The highest BCUT2D eigenvalue weighted by atomic mass is 16.5. The van der Waals surface area contributed by atoms with E-state index in [1.54, 1.807) is 11.8 Å². The predicted molar refractivity (Wildman–Crippen MR) is 57.7 cm³/mol. The van der Waals surface area contributed by atoms with Gasteiger partial charge in [-0.25, -0.2) is 0 Å². The molecule has 6 nitrogen and oxygen atoms in total. The summed E-state index contributed by atoms with van der Waals surface area (Å²) in [6.45, 7) is 2.99. The van der Waals surface area contributed by atoms with E-state index in [-0.39, 0.29) is 18.2 Å². The highest BCUT2D eigenvalue weighted by Crippen LogP contribution is 2.16. The Bertz CT molecular complexity index is 441. The molecule has 1 saturated heterocycles. The zero-order valence-corrected chi connectivity index (χ0v) is 9.72. The Balaban J connectivity index is 1.87. The summed E-state index contributed by atoms with van der Waals surface area (Å²) in [4.78, 5) is 17.7. The van der Waals surface area contributed by atoms with Crippen molar-refractivity contribution in [3.8, 4) is 6.07 Å².